The van der Waals surface area contributed by atoms with Gasteiger partial charge in [-0.3, -0.25) is 4.79 Å². The molecule has 4 nitrogen and oxygen atoms in total. The van der Waals surface area contributed by atoms with E-state index in [4.69, 9.17) is 9.47 Å². The maximum absolute atomic E-state index is 12.5. The minimum Gasteiger partial charge on any atom is -0.381 e. The Balaban J connectivity index is 1.47. The minimum atomic E-state index is -0.147. The smallest absolute Gasteiger partial charge is 0.222 e. The minimum absolute atomic E-state index is 0.147. The molecule has 0 unspecified atom stereocenters. The van der Waals surface area contributed by atoms with Crippen LogP contribution in [0.1, 0.15) is 31.2 Å². The van der Waals surface area contributed by atoms with Gasteiger partial charge in [0.2, 0.25) is 5.91 Å². The van der Waals surface area contributed by atoms with Gasteiger partial charge in [0, 0.05) is 45.6 Å². The lowest BCUT2D eigenvalue weighted by Gasteiger charge is -2.44. The molecule has 2 saturated heterocycles. The van der Waals surface area contributed by atoms with Crippen molar-refractivity contribution < 1.29 is 14.3 Å². The van der Waals surface area contributed by atoms with Crippen LogP contribution in [0.3, 0.4) is 0 Å². The number of rotatable bonds is 4. The van der Waals surface area contributed by atoms with Crippen LogP contribution in [0.15, 0.2) is 30.3 Å². The van der Waals surface area contributed by atoms with Crippen molar-refractivity contribution in [3.8, 4) is 0 Å². The van der Waals surface area contributed by atoms with E-state index in [2.05, 4.69) is 12.1 Å². The summed E-state index contributed by atoms with van der Waals surface area (Å²) in [6.45, 7) is 3.61. The number of ether oxygens (including phenoxy) is 2. The van der Waals surface area contributed by atoms with Gasteiger partial charge in [0.25, 0.3) is 0 Å². The van der Waals surface area contributed by atoms with Crippen molar-refractivity contribution in [1.29, 1.82) is 0 Å². The second-order valence-corrected chi connectivity index (χ2v) is 6.30. The molecule has 3 rings (SSSR count). The van der Waals surface area contributed by atoms with Crippen LogP contribution in [-0.4, -0.2) is 49.3 Å². The van der Waals surface area contributed by atoms with Crippen molar-refractivity contribution in [2.24, 2.45) is 0 Å². The fourth-order valence-electron chi connectivity index (χ4n) is 3.35. The van der Waals surface area contributed by atoms with E-state index in [1.807, 2.05) is 23.1 Å². The van der Waals surface area contributed by atoms with Crippen LogP contribution in [0.4, 0.5) is 0 Å². The fraction of sp³-hybridized carbons (Fsp3) is 0.611. The van der Waals surface area contributed by atoms with Gasteiger partial charge in [-0.05, 0) is 18.4 Å². The molecule has 0 bridgehead atoms. The summed E-state index contributed by atoms with van der Waals surface area (Å²) in [4.78, 5) is 14.5. The first kappa shape index (κ1) is 15.5. The third kappa shape index (κ3) is 3.87. The van der Waals surface area contributed by atoms with E-state index in [-0.39, 0.29) is 11.5 Å². The van der Waals surface area contributed by atoms with Gasteiger partial charge in [0.1, 0.15) is 0 Å². The number of carbonyl (C=O) groups is 1. The van der Waals surface area contributed by atoms with Crippen molar-refractivity contribution in [2.75, 3.05) is 32.9 Å². The molecule has 1 amide bonds. The Hall–Kier alpha value is -1.39. The van der Waals surface area contributed by atoms with Gasteiger partial charge in [0.15, 0.2) is 0 Å². The average Bonchev–Trinajstić information content (AvgIpc) is 2.56. The van der Waals surface area contributed by atoms with E-state index < -0.39 is 0 Å². The van der Waals surface area contributed by atoms with Gasteiger partial charge >= 0.3 is 0 Å². The molecular weight excluding hydrogens is 278 g/mol. The Bertz CT molecular complexity index is 477. The number of aryl methyl sites for hydroxylation is 1. The van der Waals surface area contributed by atoms with Gasteiger partial charge in [-0.25, -0.2) is 0 Å². The lowest BCUT2D eigenvalue weighted by Crippen LogP contribution is -2.55. The highest BCUT2D eigenvalue weighted by atomic mass is 16.5. The predicted octanol–water partition coefficient (Wildman–Crippen LogP) is 2.42. The Morgan fingerprint density at radius 3 is 2.68 bits per heavy atom. The van der Waals surface area contributed by atoms with Crippen LogP contribution in [0.25, 0.3) is 0 Å². The molecular formula is C18H25NO3. The third-order valence-electron chi connectivity index (χ3n) is 4.70. The lowest BCUT2D eigenvalue weighted by molar-refractivity contribution is -0.168. The second-order valence-electron chi connectivity index (χ2n) is 6.30. The van der Waals surface area contributed by atoms with Crippen LogP contribution in [0.5, 0.6) is 0 Å². The maximum Gasteiger partial charge on any atom is 0.222 e. The first-order valence-electron chi connectivity index (χ1n) is 8.31. The summed E-state index contributed by atoms with van der Waals surface area (Å²) in [5.41, 5.74) is 1.16. The monoisotopic (exact) mass is 303 g/mol. The number of amides is 1. The molecule has 4 heteroatoms. The van der Waals surface area contributed by atoms with E-state index >= 15 is 0 Å². The number of hydrogen-bond donors (Lipinski definition) is 0. The molecule has 2 heterocycles. The zero-order valence-electron chi connectivity index (χ0n) is 13.1. The molecule has 2 aliphatic heterocycles. The van der Waals surface area contributed by atoms with Gasteiger partial charge < -0.3 is 14.4 Å². The third-order valence-corrected chi connectivity index (χ3v) is 4.70. The Labute approximate surface area is 132 Å². The summed E-state index contributed by atoms with van der Waals surface area (Å²) in [7, 11) is 0. The zero-order chi connectivity index (χ0) is 15.3. The molecule has 1 aromatic rings. The Kier molecular flexibility index (Phi) is 5.11. The van der Waals surface area contributed by atoms with Crippen LogP contribution in [0.2, 0.25) is 0 Å². The summed E-state index contributed by atoms with van der Waals surface area (Å²) < 4.78 is 11.4. The molecule has 2 fully saturated rings. The fourth-order valence-corrected chi connectivity index (χ4v) is 3.35. The topological polar surface area (TPSA) is 38.8 Å². The molecule has 0 N–H and O–H groups in total. The quantitative estimate of drug-likeness (QED) is 0.857. The van der Waals surface area contributed by atoms with Gasteiger partial charge in [-0.1, -0.05) is 30.3 Å². The molecule has 0 radical (unpaired) electrons. The zero-order valence-corrected chi connectivity index (χ0v) is 13.1. The summed E-state index contributed by atoms with van der Waals surface area (Å²) in [6, 6.07) is 10.4. The molecule has 1 spiro atoms. The average molecular weight is 303 g/mol. The summed E-state index contributed by atoms with van der Waals surface area (Å²) in [6.07, 6.45) is 4.31. The van der Waals surface area contributed by atoms with Crippen molar-refractivity contribution in [1.82, 2.24) is 4.90 Å². The van der Waals surface area contributed by atoms with Gasteiger partial charge in [0.05, 0.1) is 12.2 Å². The Morgan fingerprint density at radius 2 is 1.91 bits per heavy atom. The van der Waals surface area contributed by atoms with Crippen LogP contribution in [0, 0.1) is 0 Å². The second kappa shape index (κ2) is 7.25. The molecule has 22 heavy (non-hydrogen) atoms. The van der Waals surface area contributed by atoms with Gasteiger partial charge in [-0.2, -0.15) is 0 Å². The van der Waals surface area contributed by atoms with Crippen LogP contribution < -0.4 is 0 Å². The standard InChI is InChI=1S/C18H25NO3/c20-17(8-4-7-16-5-2-1-3-6-16)19-11-14-22-18(15-19)9-12-21-13-10-18/h1-3,5-6H,4,7-15H2. The highest BCUT2D eigenvalue weighted by Crippen LogP contribution is 2.29. The van der Waals surface area contributed by atoms with Crippen molar-refractivity contribution in [3.63, 3.8) is 0 Å². The highest BCUT2D eigenvalue weighted by molar-refractivity contribution is 5.76. The molecule has 0 atom stereocenters. The normalized spacial score (nSPS) is 21.0. The first-order chi connectivity index (χ1) is 10.8. The first-order valence-corrected chi connectivity index (χ1v) is 8.31. The van der Waals surface area contributed by atoms with E-state index in [1.165, 1.54) is 5.56 Å². The van der Waals surface area contributed by atoms with E-state index in [0.717, 1.165) is 52.0 Å². The molecule has 0 aliphatic carbocycles. The molecule has 0 saturated carbocycles. The SMILES string of the molecule is O=C(CCCc1ccccc1)N1CCOC2(CCOCC2)C1. The van der Waals surface area contributed by atoms with Crippen LogP contribution >= 0.6 is 0 Å². The van der Waals surface area contributed by atoms with Gasteiger partial charge in [-0.15, -0.1) is 0 Å². The lowest BCUT2D eigenvalue weighted by atomic mass is 9.92. The number of nitrogens with zero attached hydrogens (tertiary/aromatic N) is 1. The number of morpholine rings is 1. The summed E-state index contributed by atoms with van der Waals surface area (Å²) in [5.74, 6) is 0.269. The van der Waals surface area contributed by atoms with E-state index in [0.29, 0.717) is 13.0 Å². The maximum atomic E-state index is 12.5. The molecule has 120 valence electrons. The van der Waals surface area contributed by atoms with Crippen LogP contribution in [-0.2, 0) is 20.7 Å². The molecule has 2 aliphatic rings. The van der Waals surface area contributed by atoms with Crippen molar-refractivity contribution in [3.05, 3.63) is 35.9 Å². The molecule has 0 aromatic heterocycles. The van der Waals surface area contributed by atoms with Crippen molar-refractivity contribution in [2.45, 2.75) is 37.7 Å². The largest absolute Gasteiger partial charge is 0.381 e. The van der Waals surface area contributed by atoms with E-state index in [1.54, 1.807) is 0 Å². The van der Waals surface area contributed by atoms with Crippen molar-refractivity contribution >= 4 is 5.91 Å². The summed E-state index contributed by atoms with van der Waals surface area (Å²) in [5, 5.41) is 0. The van der Waals surface area contributed by atoms with E-state index in [9.17, 15) is 4.79 Å². The predicted molar refractivity (Wildman–Crippen MR) is 84.7 cm³/mol. The Morgan fingerprint density at radius 1 is 1.14 bits per heavy atom. The number of hydrogen-bond acceptors (Lipinski definition) is 3. The number of carbonyl (C=O) groups excluding carboxylic acids is 1. The number of benzene rings is 1. The summed E-state index contributed by atoms with van der Waals surface area (Å²) >= 11 is 0. The highest BCUT2D eigenvalue weighted by Gasteiger charge is 2.39. The molecule has 1 aromatic carbocycles.